The van der Waals surface area contributed by atoms with E-state index in [1.165, 1.54) is 41.3 Å². The van der Waals surface area contributed by atoms with Crippen molar-refractivity contribution in [3.8, 4) is 0 Å². The van der Waals surface area contributed by atoms with Gasteiger partial charge < -0.3 is 4.74 Å². The van der Waals surface area contributed by atoms with Crippen molar-refractivity contribution in [2.45, 2.75) is 19.8 Å². The number of morpholine rings is 1. The highest BCUT2D eigenvalue weighted by molar-refractivity contribution is 5.86. The highest BCUT2D eigenvalue weighted by atomic mass is 16.5. The van der Waals surface area contributed by atoms with Gasteiger partial charge >= 0.3 is 0 Å². The van der Waals surface area contributed by atoms with Crippen LogP contribution in [-0.4, -0.2) is 37.7 Å². The molecule has 0 amide bonds. The van der Waals surface area contributed by atoms with Gasteiger partial charge in [0.2, 0.25) is 0 Å². The lowest BCUT2D eigenvalue weighted by atomic mass is 9.96. The zero-order valence-electron chi connectivity index (χ0n) is 12.3. The Balaban J connectivity index is 1.68. The second-order valence-electron chi connectivity index (χ2n) is 5.64. The summed E-state index contributed by atoms with van der Waals surface area (Å²) in [6.07, 6.45) is 2.40. The van der Waals surface area contributed by atoms with Gasteiger partial charge in [0.05, 0.1) is 13.2 Å². The van der Waals surface area contributed by atoms with Crippen molar-refractivity contribution in [3.63, 3.8) is 0 Å². The fourth-order valence-corrected chi connectivity index (χ4v) is 3.08. The topological polar surface area (TPSA) is 12.5 Å². The maximum absolute atomic E-state index is 5.40. The summed E-state index contributed by atoms with van der Waals surface area (Å²) in [5, 5.41) is 2.79. The van der Waals surface area contributed by atoms with Crippen LogP contribution in [0.3, 0.4) is 0 Å². The van der Waals surface area contributed by atoms with Crippen LogP contribution in [-0.2, 0) is 11.2 Å². The predicted octanol–water partition coefficient (Wildman–Crippen LogP) is 3.41. The Hall–Kier alpha value is -1.38. The van der Waals surface area contributed by atoms with Gasteiger partial charge in [-0.25, -0.2) is 0 Å². The minimum absolute atomic E-state index is 0.896. The first-order valence-corrected chi connectivity index (χ1v) is 7.62. The Kier molecular flexibility index (Phi) is 4.34. The second-order valence-corrected chi connectivity index (χ2v) is 5.64. The Morgan fingerprint density at radius 1 is 1.05 bits per heavy atom. The lowest BCUT2D eigenvalue weighted by Gasteiger charge is -2.26. The number of rotatable bonds is 4. The van der Waals surface area contributed by atoms with Gasteiger partial charge in [0, 0.05) is 13.1 Å². The van der Waals surface area contributed by atoms with E-state index in [9.17, 15) is 0 Å². The van der Waals surface area contributed by atoms with Gasteiger partial charge in [-0.15, -0.1) is 0 Å². The van der Waals surface area contributed by atoms with E-state index in [4.69, 9.17) is 4.74 Å². The van der Waals surface area contributed by atoms with Crippen molar-refractivity contribution in [2.24, 2.45) is 0 Å². The van der Waals surface area contributed by atoms with Crippen LogP contribution in [0.4, 0.5) is 0 Å². The molecule has 0 aliphatic carbocycles. The number of benzene rings is 2. The van der Waals surface area contributed by atoms with Crippen LogP contribution < -0.4 is 0 Å². The summed E-state index contributed by atoms with van der Waals surface area (Å²) in [5.74, 6) is 0. The maximum atomic E-state index is 5.40. The molecule has 0 bridgehead atoms. The molecule has 0 saturated carbocycles. The van der Waals surface area contributed by atoms with Crippen LogP contribution in [0.25, 0.3) is 10.8 Å². The molecule has 1 aliphatic rings. The number of hydrogen-bond donors (Lipinski definition) is 0. The molecule has 2 nitrogen and oxygen atoms in total. The Morgan fingerprint density at radius 3 is 2.70 bits per heavy atom. The van der Waals surface area contributed by atoms with Crippen LogP contribution in [0.15, 0.2) is 36.4 Å². The van der Waals surface area contributed by atoms with E-state index < -0.39 is 0 Å². The fourth-order valence-electron chi connectivity index (χ4n) is 3.08. The van der Waals surface area contributed by atoms with Gasteiger partial charge in [-0.3, -0.25) is 4.90 Å². The van der Waals surface area contributed by atoms with Crippen LogP contribution in [0.2, 0.25) is 0 Å². The molecular formula is C18H23NO. The highest BCUT2D eigenvalue weighted by Gasteiger charge is 2.10. The van der Waals surface area contributed by atoms with Crippen molar-refractivity contribution >= 4 is 10.8 Å². The quantitative estimate of drug-likeness (QED) is 0.843. The molecule has 1 fully saturated rings. The zero-order chi connectivity index (χ0) is 13.8. The lowest BCUT2D eigenvalue weighted by Crippen LogP contribution is -2.36. The minimum atomic E-state index is 0.896. The van der Waals surface area contributed by atoms with Crippen molar-refractivity contribution in [1.82, 2.24) is 4.90 Å². The standard InChI is InChI=1S/C18H23NO/c1-15-8-9-16-5-2-3-6-18(16)17(15)7-4-10-19-11-13-20-14-12-19/h2-3,5-6,8-9H,4,7,10-14H2,1H3. The minimum Gasteiger partial charge on any atom is -0.379 e. The fraction of sp³-hybridized carbons (Fsp3) is 0.444. The second kappa shape index (κ2) is 6.38. The molecule has 0 radical (unpaired) electrons. The summed E-state index contributed by atoms with van der Waals surface area (Å²) in [5.41, 5.74) is 2.95. The third-order valence-electron chi connectivity index (χ3n) is 4.28. The normalized spacial score (nSPS) is 16.6. The van der Waals surface area contributed by atoms with E-state index in [1.807, 2.05) is 0 Å². The third-order valence-corrected chi connectivity index (χ3v) is 4.28. The number of aryl methyl sites for hydroxylation is 2. The average molecular weight is 269 g/mol. The summed E-state index contributed by atoms with van der Waals surface area (Å²) in [6.45, 7) is 7.39. The van der Waals surface area contributed by atoms with Gasteiger partial charge in [-0.05, 0) is 48.2 Å². The Morgan fingerprint density at radius 2 is 1.85 bits per heavy atom. The number of nitrogens with zero attached hydrogens (tertiary/aromatic N) is 1. The summed E-state index contributed by atoms with van der Waals surface area (Å²) in [7, 11) is 0. The summed E-state index contributed by atoms with van der Waals surface area (Å²) in [6, 6.07) is 13.2. The van der Waals surface area contributed by atoms with E-state index in [2.05, 4.69) is 48.2 Å². The molecule has 20 heavy (non-hydrogen) atoms. The molecule has 1 aliphatic heterocycles. The molecule has 0 unspecified atom stereocenters. The summed E-state index contributed by atoms with van der Waals surface area (Å²) >= 11 is 0. The zero-order valence-corrected chi connectivity index (χ0v) is 12.3. The van der Waals surface area contributed by atoms with Gasteiger partial charge in [0.15, 0.2) is 0 Å². The Labute approximate surface area is 121 Å². The van der Waals surface area contributed by atoms with E-state index in [0.29, 0.717) is 0 Å². The molecule has 0 N–H and O–H groups in total. The molecule has 106 valence electrons. The first-order valence-electron chi connectivity index (χ1n) is 7.62. The first kappa shape index (κ1) is 13.6. The first-order chi connectivity index (χ1) is 9.84. The highest BCUT2D eigenvalue weighted by Crippen LogP contribution is 2.23. The molecule has 0 spiro atoms. The number of ether oxygens (including phenoxy) is 1. The molecule has 3 rings (SSSR count). The van der Waals surface area contributed by atoms with Gasteiger partial charge in [-0.1, -0.05) is 36.4 Å². The maximum Gasteiger partial charge on any atom is 0.0594 e. The van der Waals surface area contributed by atoms with E-state index in [0.717, 1.165) is 26.3 Å². The molecule has 2 aromatic carbocycles. The van der Waals surface area contributed by atoms with E-state index in [-0.39, 0.29) is 0 Å². The smallest absolute Gasteiger partial charge is 0.0594 e. The molecule has 0 aromatic heterocycles. The summed E-state index contributed by atoms with van der Waals surface area (Å²) in [4.78, 5) is 2.52. The van der Waals surface area contributed by atoms with Crippen molar-refractivity contribution < 1.29 is 4.74 Å². The van der Waals surface area contributed by atoms with Crippen molar-refractivity contribution in [3.05, 3.63) is 47.5 Å². The molecule has 0 atom stereocenters. The van der Waals surface area contributed by atoms with Gasteiger partial charge in [0.1, 0.15) is 0 Å². The Bertz CT molecular complexity index is 573. The van der Waals surface area contributed by atoms with Crippen molar-refractivity contribution in [1.29, 1.82) is 0 Å². The molecular weight excluding hydrogens is 246 g/mol. The molecule has 1 heterocycles. The van der Waals surface area contributed by atoms with Crippen LogP contribution in [0, 0.1) is 6.92 Å². The third kappa shape index (κ3) is 3.02. The van der Waals surface area contributed by atoms with Crippen LogP contribution >= 0.6 is 0 Å². The lowest BCUT2D eigenvalue weighted by molar-refractivity contribution is 0.0375. The van der Waals surface area contributed by atoms with Crippen LogP contribution in [0.1, 0.15) is 17.5 Å². The molecule has 2 aromatic rings. The van der Waals surface area contributed by atoms with Crippen molar-refractivity contribution in [2.75, 3.05) is 32.8 Å². The van der Waals surface area contributed by atoms with Crippen LogP contribution in [0.5, 0.6) is 0 Å². The number of hydrogen-bond acceptors (Lipinski definition) is 2. The average Bonchev–Trinajstić information content (AvgIpc) is 2.50. The van der Waals surface area contributed by atoms with Gasteiger partial charge in [-0.2, -0.15) is 0 Å². The summed E-state index contributed by atoms with van der Waals surface area (Å²) < 4.78 is 5.40. The largest absolute Gasteiger partial charge is 0.379 e. The SMILES string of the molecule is Cc1ccc2ccccc2c1CCCN1CCOCC1. The number of fused-ring (bicyclic) bond motifs is 1. The molecule has 2 heteroatoms. The van der Waals surface area contributed by atoms with Gasteiger partial charge in [0.25, 0.3) is 0 Å². The van der Waals surface area contributed by atoms with E-state index >= 15 is 0 Å². The molecule has 1 saturated heterocycles. The monoisotopic (exact) mass is 269 g/mol. The van der Waals surface area contributed by atoms with E-state index in [1.54, 1.807) is 0 Å². The predicted molar refractivity (Wildman–Crippen MR) is 84.3 cm³/mol.